The van der Waals surface area contributed by atoms with Gasteiger partial charge in [-0.1, -0.05) is 37.3 Å². The Balaban J connectivity index is 2.65. The minimum atomic E-state index is -0.860. The van der Waals surface area contributed by atoms with Crippen molar-refractivity contribution in [1.29, 1.82) is 0 Å². The zero-order valence-corrected chi connectivity index (χ0v) is 11.9. The molecule has 19 heavy (non-hydrogen) atoms. The SMILES string of the molecule is CCC1(c2ccccc2)C(=O)N(C)C(=O)N1C(C)C. The van der Waals surface area contributed by atoms with E-state index < -0.39 is 5.54 Å². The first kappa shape index (κ1) is 13.6. The van der Waals surface area contributed by atoms with Crippen LogP contribution in [0.1, 0.15) is 32.8 Å². The summed E-state index contributed by atoms with van der Waals surface area (Å²) in [6.45, 7) is 5.84. The van der Waals surface area contributed by atoms with Gasteiger partial charge >= 0.3 is 6.03 Å². The maximum absolute atomic E-state index is 12.6. The van der Waals surface area contributed by atoms with E-state index in [1.165, 1.54) is 4.90 Å². The summed E-state index contributed by atoms with van der Waals surface area (Å²) >= 11 is 0. The molecule has 1 aliphatic heterocycles. The van der Waals surface area contributed by atoms with Crippen LogP contribution < -0.4 is 0 Å². The molecule has 0 bridgehead atoms. The van der Waals surface area contributed by atoms with Crippen LogP contribution in [0.3, 0.4) is 0 Å². The fourth-order valence-corrected chi connectivity index (χ4v) is 2.96. The fraction of sp³-hybridized carbons (Fsp3) is 0.467. The van der Waals surface area contributed by atoms with Gasteiger partial charge in [-0.3, -0.25) is 9.69 Å². The van der Waals surface area contributed by atoms with Crippen LogP contribution >= 0.6 is 0 Å². The number of hydrogen-bond donors (Lipinski definition) is 0. The molecular weight excluding hydrogens is 240 g/mol. The van der Waals surface area contributed by atoms with Gasteiger partial charge in [0.1, 0.15) is 5.54 Å². The van der Waals surface area contributed by atoms with Crippen LogP contribution in [0, 0.1) is 0 Å². The molecule has 1 heterocycles. The topological polar surface area (TPSA) is 40.6 Å². The van der Waals surface area contributed by atoms with Gasteiger partial charge in [0.25, 0.3) is 5.91 Å². The molecule has 0 aliphatic carbocycles. The Kier molecular flexibility index (Phi) is 3.35. The molecule has 0 radical (unpaired) electrons. The third-order valence-electron chi connectivity index (χ3n) is 3.84. The minimum Gasteiger partial charge on any atom is -0.303 e. The molecule has 1 unspecified atom stereocenters. The second kappa shape index (κ2) is 4.68. The Morgan fingerprint density at radius 3 is 2.21 bits per heavy atom. The molecule has 1 aliphatic rings. The molecule has 0 saturated carbocycles. The van der Waals surface area contributed by atoms with Crippen LogP contribution in [-0.2, 0) is 10.3 Å². The predicted octanol–water partition coefficient (Wildman–Crippen LogP) is 2.59. The Labute approximate surface area is 114 Å². The van der Waals surface area contributed by atoms with Crippen LogP contribution in [0.15, 0.2) is 30.3 Å². The summed E-state index contributed by atoms with van der Waals surface area (Å²) in [4.78, 5) is 27.9. The first-order valence-electron chi connectivity index (χ1n) is 6.63. The van der Waals surface area contributed by atoms with Gasteiger partial charge in [-0.2, -0.15) is 0 Å². The second-order valence-electron chi connectivity index (χ2n) is 5.19. The second-order valence-corrected chi connectivity index (χ2v) is 5.19. The van der Waals surface area contributed by atoms with E-state index >= 15 is 0 Å². The molecule has 0 aromatic heterocycles. The van der Waals surface area contributed by atoms with Gasteiger partial charge < -0.3 is 4.90 Å². The largest absolute Gasteiger partial charge is 0.327 e. The lowest BCUT2D eigenvalue weighted by Crippen LogP contribution is -2.49. The summed E-state index contributed by atoms with van der Waals surface area (Å²) in [7, 11) is 1.56. The van der Waals surface area contributed by atoms with Gasteiger partial charge in [0.2, 0.25) is 0 Å². The van der Waals surface area contributed by atoms with Gasteiger partial charge in [0, 0.05) is 13.1 Å². The highest BCUT2D eigenvalue weighted by atomic mass is 16.2. The number of likely N-dealkylation sites (N-methyl/N-ethyl adjacent to an activating group) is 1. The molecule has 1 atom stereocenters. The van der Waals surface area contributed by atoms with Crippen LogP contribution in [0.25, 0.3) is 0 Å². The Morgan fingerprint density at radius 2 is 1.74 bits per heavy atom. The van der Waals surface area contributed by atoms with Gasteiger partial charge in [-0.15, -0.1) is 0 Å². The standard InChI is InChI=1S/C15H20N2O2/c1-5-15(12-9-7-6-8-10-12)13(18)16(4)14(19)17(15)11(2)3/h6-11H,5H2,1-4H3. The molecule has 3 amide bonds. The number of nitrogens with zero attached hydrogens (tertiary/aromatic N) is 2. The maximum atomic E-state index is 12.6. The highest BCUT2D eigenvalue weighted by molar-refractivity contribution is 6.07. The number of imide groups is 1. The van der Waals surface area contributed by atoms with Crippen molar-refractivity contribution < 1.29 is 9.59 Å². The molecule has 4 nitrogen and oxygen atoms in total. The summed E-state index contributed by atoms with van der Waals surface area (Å²) in [5.74, 6) is -0.139. The van der Waals surface area contributed by atoms with Crippen molar-refractivity contribution in [3.8, 4) is 0 Å². The third-order valence-corrected chi connectivity index (χ3v) is 3.84. The van der Waals surface area contributed by atoms with Gasteiger partial charge in [-0.25, -0.2) is 4.79 Å². The van der Waals surface area contributed by atoms with Gasteiger partial charge in [0.05, 0.1) is 0 Å². The number of carbonyl (C=O) groups excluding carboxylic acids is 2. The number of benzene rings is 1. The molecule has 4 heteroatoms. The first-order chi connectivity index (χ1) is 8.96. The van der Waals surface area contributed by atoms with E-state index in [-0.39, 0.29) is 18.0 Å². The average Bonchev–Trinajstić information content (AvgIpc) is 2.61. The monoisotopic (exact) mass is 260 g/mol. The van der Waals surface area contributed by atoms with Crippen molar-refractivity contribution in [2.24, 2.45) is 0 Å². The van der Waals surface area contributed by atoms with Crippen molar-refractivity contribution in [3.63, 3.8) is 0 Å². The van der Waals surface area contributed by atoms with Crippen LogP contribution in [-0.4, -0.2) is 34.8 Å². The minimum absolute atomic E-state index is 0.0263. The summed E-state index contributed by atoms with van der Waals surface area (Å²) < 4.78 is 0. The normalized spacial score (nSPS) is 23.6. The van der Waals surface area contributed by atoms with Crippen molar-refractivity contribution in [2.75, 3.05) is 7.05 Å². The summed E-state index contributed by atoms with van der Waals surface area (Å²) in [6.07, 6.45) is 0.574. The lowest BCUT2D eigenvalue weighted by Gasteiger charge is -2.37. The quantitative estimate of drug-likeness (QED) is 0.784. The van der Waals surface area contributed by atoms with E-state index in [4.69, 9.17) is 0 Å². The zero-order valence-electron chi connectivity index (χ0n) is 11.9. The molecule has 102 valence electrons. The fourth-order valence-electron chi connectivity index (χ4n) is 2.96. The van der Waals surface area contributed by atoms with E-state index in [2.05, 4.69) is 0 Å². The lowest BCUT2D eigenvalue weighted by atomic mass is 9.85. The summed E-state index contributed by atoms with van der Waals surface area (Å²) in [6, 6.07) is 9.32. The smallest absolute Gasteiger partial charge is 0.303 e. The zero-order chi connectivity index (χ0) is 14.2. The highest BCUT2D eigenvalue weighted by Gasteiger charge is 2.56. The van der Waals surface area contributed by atoms with Crippen molar-refractivity contribution in [1.82, 2.24) is 9.80 Å². The van der Waals surface area contributed by atoms with Gasteiger partial charge in [-0.05, 0) is 25.8 Å². The number of urea groups is 1. The number of rotatable bonds is 3. The number of amides is 3. The number of carbonyl (C=O) groups is 2. The first-order valence-corrected chi connectivity index (χ1v) is 6.63. The Morgan fingerprint density at radius 1 is 1.16 bits per heavy atom. The Bertz CT molecular complexity index is 498. The maximum Gasteiger partial charge on any atom is 0.327 e. The molecule has 1 aromatic rings. The molecule has 2 rings (SSSR count). The molecule has 1 aromatic carbocycles. The molecular formula is C15H20N2O2. The Hall–Kier alpha value is -1.84. The lowest BCUT2D eigenvalue weighted by molar-refractivity contribution is -0.133. The van der Waals surface area contributed by atoms with Gasteiger partial charge in [0.15, 0.2) is 0 Å². The number of hydrogen-bond acceptors (Lipinski definition) is 2. The van der Waals surface area contributed by atoms with E-state index in [0.29, 0.717) is 6.42 Å². The van der Waals surface area contributed by atoms with Crippen molar-refractivity contribution >= 4 is 11.9 Å². The predicted molar refractivity (Wildman–Crippen MR) is 73.6 cm³/mol. The molecule has 0 N–H and O–H groups in total. The van der Waals surface area contributed by atoms with Crippen LogP contribution in [0.4, 0.5) is 4.79 Å². The average molecular weight is 260 g/mol. The van der Waals surface area contributed by atoms with E-state index in [9.17, 15) is 9.59 Å². The molecule has 1 saturated heterocycles. The molecule has 0 spiro atoms. The van der Waals surface area contributed by atoms with Crippen molar-refractivity contribution in [2.45, 2.75) is 38.8 Å². The third kappa shape index (κ3) is 1.74. The summed E-state index contributed by atoms with van der Waals surface area (Å²) in [5, 5.41) is 0. The highest BCUT2D eigenvalue weighted by Crippen LogP contribution is 2.40. The van der Waals surface area contributed by atoms with E-state index in [1.54, 1.807) is 11.9 Å². The van der Waals surface area contributed by atoms with Crippen LogP contribution in [0.2, 0.25) is 0 Å². The van der Waals surface area contributed by atoms with Crippen LogP contribution in [0.5, 0.6) is 0 Å². The van der Waals surface area contributed by atoms with E-state index in [1.807, 2.05) is 51.1 Å². The molecule has 1 fully saturated rings. The van der Waals surface area contributed by atoms with E-state index in [0.717, 1.165) is 5.56 Å². The van der Waals surface area contributed by atoms with Crippen molar-refractivity contribution in [3.05, 3.63) is 35.9 Å². The summed E-state index contributed by atoms with van der Waals surface area (Å²) in [5.41, 5.74) is 0.0234.